The normalized spacial score (nSPS) is 18.7. The van der Waals surface area contributed by atoms with E-state index in [2.05, 4.69) is 23.0 Å². The summed E-state index contributed by atoms with van der Waals surface area (Å²) in [6.45, 7) is 6.88. The van der Waals surface area contributed by atoms with E-state index in [0.29, 0.717) is 11.3 Å². The molecule has 1 unspecified atom stereocenters. The molecule has 0 amide bonds. The molecule has 1 fully saturated rings. The number of anilines is 1. The van der Waals surface area contributed by atoms with E-state index < -0.39 is 0 Å². The molecule has 2 rings (SSSR count). The van der Waals surface area contributed by atoms with Crippen molar-refractivity contribution in [3.8, 4) is 0 Å². The quantitative estimate of drug-likeness (QED) is 0.811. The first-order valence-electron chi connectivity index (χ1n) is 7.31. The Bertz CT molecular complexity index is 557. The van der Waals surface area contributed by atoms with Crippen LogP contribution in [0.1, 0.15) is 30.4 Å². The van der Waals surface area contributed by atoms with Gasteiger partial charge in [0.05, 0.1) is 5.71 Å². The van der Waals surface area contributed by atoms with Gasteiger partial charge in [0.1, 0.15) is 6.23 Å². The first-order valence-corrected chi connectivity index (χ1v) is 7.31. The van der Waals surface area contributed by atoms with Crippen molar-refractivity contribution >= 4 is 23.2 Å². The fourth-order valence-corrected chi connectivity index (χ4v) is 2.41. The lowest BCUT2D eigenvalue weighted by Gasteiger charge is -2.26. The van der Waals surface area contributed by atoms with E-state index in [9.17, 15) is 0 Å². The van der Waals surface area contributed by atoms with Crippen LogP contribution < -0.4 is 5.32 Å². The molecule has 0 bridgehead atoms. The van der Waals surface area contributed by atoms with Gasteiger partial charge in [0.15, 0.2) is 0 Å². The van der Waals surface area contributed by atoms with Crippen molar-refractivity contribution < 1.29 is 4.74 Å². The largest absolute Gasteiger partial charge is 0.360 e. The monoisotopic (exact) mass is 285 g/mol. The Morgan fingerprint density at radius 2 is 2.29 bits per heavy atom. The van der Waals surface area contributed by atoms with Crippen LogP contribution in [0.2, 0.25) is 0 Å². The van der Waals surface area contributed by atoms with Crippen molar-refractivity contribution in [2.45, 2.75) is 32.4 Å². The summed E-state index contributed by atoms with van der Waals surface area (Å²) >= 11 is 0. The summed E-state index contributed by atoms with van der Waals surface area (Å²) in [6, 6.07) is 6.13. The van der Waals surface area contributed by atoms with Gasteiger partial charge in [-0.25, -0.2) is 0 Å². The molecule has 4 nitrogen and oxygen atoms in total. The summed E-state index contributed by atoms with van der Waals surface area (Å²) in [6.07, 6.45) is 4.88. The zero-order chi connectivity index (χ0) is 15.2. The fourth-order valence-electron chi connectivity index (χ4n) is 2.41. The number of nitrogens with zero attached hydrogens (tertiary/aromatic N) is 1. The topological polar surface area (TPSA) is 57.5 Å². The summed E-state index contributed by atoms with van der Waals surface area (Å²) in [5, 5.41) is 11.4. The molecule has 0 aromatic heterocycles. The van der Waals surface area contributed by atoms with Crippen molar-refractivity contribution in [3.05, 3.63) is 35.9 Å². The Kier molecular flexibility index (Phi) is 5.28. The second-order valence-electron chi connectivity index (χ2n) is 5.33. The molecule has 0 radical (unpaired) electrons. The van der Waals surface area contributed by atoms with Gasteiger partial charge in [-0.1, -0.05) is 18.2 Å². The van der Waals surface area contributed by atoms with Crippen molar-refractivity contribution in [1.82, 2.24) is 0 Å². The number of hydrogen-bond acceptors (Lipinski definition) is 4. The average Bonchev–Trinajstić information content (AvgIpc) is 2.49. The lowest BCUT2D eigenvalue weighted by atomic mass is 9.99. The van der Waals surface area contributed by atoms with Gasteiger partial charge in [-0.2, -0.15) is 0 Å². The second-order valence-corrected chi connectivity index (χ2v) is 5.33. The van der Waals surface area contributed by atoms with Crippen LogP contribution in [-0.4, -0.2) is 31.8 Å². The molecule has 1 atom stereocenters. The van der Waals surface area contributed by atoms with E-state index in [0.717, 1.165) is 36.3 Å². The maximum atomic E-state index is 8.01. The van der Waals surface area contributed by atoms with Gasteiger partial charge >= 0.3 is 0 Å². The first-order chi connectivity index (χ1) is 10.1. The highest BCUT2D eigenvalue weighted by molar-refractivity contribution is 6.49. The molecule has 1 aliphatic rings. The van der Waals surface area contributed by atoms with E-state index in [1.165, 1.54) is 12.6 Å². The molecular formula is C17H23N3O. The number of rotatable bonds is 5. The third-order valence-corrected chi connectivity index (χ3v) is 3.58. The van der Waals surface area contributed by atoms with Gasteiger partial charge in [0.2, 0.25) is 0 Å². The van der Waals surface area contributed by atoms with Gasteiger partial charge < -0.3 is 10.1 Å². The standard InChI is InChI=1S/C17H23N3O/c1-12-7-8-16(20-17-6-4-5-9-21-17)14(10-12)13(2)15(18)11-19-3/h7-8,10-11,17-18,20H,2,4-6,9H2,1,3H3. The number of nitrogens with one attached hydrogen (secondary N) is 2. The average molecular weight is 285 g/mol. The van der Waals surface area contributed by atoms with E-state index >= 15 is 0 Å². The SMILES string of the molecule is C=C(C(=N)C=NC)c1cc(C)ccc1NC1CCCCO1. The highest BCUT2D eigenvalue weighted by Crippen LogP contribution is 2.27. The minimum Gasteiger partial charge on any atom is -0.360 e. The molecule has 1 aromatic carbocycles. The zero-order valence-corrected chi connectivity index (χ0v) is 12.8. The summed E-state index contributed by atoms with van der Waals surface area (Å²) in [4.78, 5) is 3.89. The van der Waals surface area contributed by atoms with Gasteiger partial charge in [0.25, 0.3) is 0 Å². The van der Waals surface area contributed by atoms with Crippen molar-refractivity contribution in [2.75, 3.05) is 19.0 Å². The first kappa shape index (κ1) is 15.4. The molecule has 1 aromatic rings. The maximum Gasteiger partial charge on any atom is 0.127 e. The van der Waals surface area contributed by atoms with E-state index in [4.69, 9.17) is 10.1 Å². The number of aryl methyl sites for hydroxylation is 1. The highest BCUT2D eigenvalue weighted by Gasteiger charge is 2.16. The molecule has 21 heavy (non-hydrogen) atoms. The Balaban J connectivity index is 2.24. The molecule has 0 spiro atoms. The number of allylic oxidation sites excluding steroid dienone is 1. The minimum absolute atomic E-state index is 0.0435. The van der Waals surface area contributed by atoms with E-state index in [1.807, 2.05) is 19.1 Å². The number of hydrogen-bond donors (Lipinski definition) is 2. The number of aliphatic imine (C=N–C) groups is 1. The summed E-state index contributed by atoms with van der Waals surface area (Å²) < 4.78 is 5.73. The van der Waals surface area contributed by atoms with Gasteiger partial charge in [-0.3, -0.25) is 10.4 Å². The minimum atomic E-state index is 0.0435. The van der Waals surface area contributed by atoms with E-state index in [1.54, 1.807) is 7.05 Å². The molecule has 4 heteroatoms. The Labute approximate surface area is 126 Å². The molecule has 1 saturated heterocycles. The lowest BCUT2D eigenvalue weighted by Crippen LogP contribution is -2.27. The predicted octanol–water partition coefficient (Wildman–Crippen LogP) is 3.67. The van der Waals surface area contributed by atoms with Crippen LogP contribution in [-0.2, 0) is 4.74 Å². The molecule has 0 aliphatic carbocycles. The zero-order valence-electron chi connectivity index (χ0n) is 12.8. The third-order valence-electron chi connectivity index (χ3n) is 3.58. The maximum absolute atomic E-state index is 8.01. The van der Waals surface area contributed by atoms with Crippen LogP contribution >= 0.6 is 0 Å². The highest BCUT2D eigenvalue weighted by atomic mass is 16.5. The summed E-state index contributed by atoms with van der Waals surface area (Å²) in [5.41, 5.74) is 4.04. The molecule has 1 aliphatic heterocycles. The lowest BCUT2D eigenvalue weighted by molar-refractivity contribution is 0.0343. The Morgan fingerprint density at radius 1 is 1.48 bits per heavy atom. The third kappa shape index (κ3) is 4.02. The summed E-state index contributed by atoms with van der Waals surface area (Å²) in [7, 11) is 1.66. The molecule has 2 N–H and O–H groups in total. The van der Waals surface area contributed by atoms with Crippen molar-refractivity contribution in [2.24, 2.45) is 4.99 Å². The summed E-state index contributed by atoms with van der Waals surface area (Å²) in [5.74, 6) is 0. The molecule has 0 saturated carbocycles. The Hall–Kier alpha value is -1.94. The molecule has 1 heterocycles. The van der Waals surface area contributed by atoms with Crippen LogP contribution in [0.4, 0.5) is 5.69 Å². The smallest absolute Gasteiger partial charge is 0.127 e. The fraction of sp³-hybridized carbons (Fsp3) is 0.412. The van der Waals surface area contributed by atoms with Crippen LogP contribution in [0.3, 0.4) is 0 Å². The number of benzene rings is 1. The van der Waals surface area contributed by atoms with Crippen LogP contribution in [0.5, 0.6) is 0 Å². The van der Waals surface area contributed by atoms with Crippen LogP contribution in [0.25, 0.3) is 5.57 Å². The van der Waals surface area contributed by atoms with Gasteiger partial charge in [-0.15, -0.1) is 0 Å². The van der Waals surface area contributed by atoms with Crippen molar-refractivity contribution in [3.63, 3.8) is 0 Å². The molecular weight excluding hydrogens is 262 g/mol. The predicted molar refractivity (Wildman–Crippen MR) is 89.6 cm³/mol. The van der Waals surface area contributed by atoms with Gasteiger partial charge in [-0.05, 0) is 38.3 Å². The van der Waals surface area contributed by atoms with Crippen LogP contribution in [0, 0.1) is 12.3 Å². The van der Waals surface area contributed by atoms with E-state index in [-0.39, 0.29) is 6.23 Å². The van der Waals surface area contributed by atoms with Gasteiger partial charge in [0, 0.05) is 36.7 Å². The second kappa shape index (κ2) is 7.18. The van der Waals surface area contributed by atoms with Crippen LogP contribution in [0.15, 0.2) is 29.8 Å². The Morgan fingerprint density at radius 3 is 2.95 bits per heavy atom. The molecule has 112 valence electrons. The van der Waals surface area contributed by atoms with Crippen molar-refractivity contribution in [1.29, 1.82) is 5.41 Å². The number of ether oxygens (including phenoxy) is 1.